The van der Waals surface area contributed by atoms with E-state index in [9.17, 15) is 13.2 Å². The van der Waals surface area contributed by atoms with Crippen molar-refractivity contribution < 1.29 is 13.2 Å². The predicted molar refractivity (Wildman–Crippen MR) is 111 cm³/mol. The first-order chi connectivity index (χ1) is 13.4. The van der Waals surface area contributed by atoms with E-state index in [0.717, 1.165) is 16.5 Å². The molecule has 1 aliphatic heterocycles. The molecule has 3 N–H and O–H groups in total. The summed E-state index contributed by atoms with van der Waals surface area (Å²) in [5, 5.41) is 9.44. The lowest BCUT2D eigenvalue weighted by atomic mass is 10.1. The second-order valence-electron chi connectivity index (χ2n) is 5.95. The summed E-state index contributed by atoms with van der Waals surface area (Å²) in [5.41, 5.74) is 2.09. The minimum absolute atomic E-state index is 0.0231. The van der Waals surface area contributed by atoms with Crippen molar-refractivity contribution in [1.29, 1.82) is 0 Å². The van der Waals surface area contributed by atoms with Crippen LogP contribution in [0.4, 0.5) is 5.69 Å². The van der Waals surface area contributed by atoms with Crippen LogP contribution < -0.4 is 10.5 Å². The molecule has 2 heterocycles. The van der Waals surface area contributed by atoms with Gasteiger partial charge in [0.2, 0.25) is 10.0 Å². The maximum absolute atomic E-state index is 12.3. The number of nitrogens with zero attached hydrogens (tertiary/aromatic N) is 2. The van der Waals surface area contributed by atoms with Crippen molar-refractivity contribution in [3.63, 3.8) is 0 Å². The highest BCUT2D eigenvalue weighted by Gasteiger charge is 2.22. The largest absolute Gasteiger partial charge is 0.334 e. The fourth-order valence-corrected chi connectivity index (χ4v) is 4.11. The van der Waals surface area contributed by atoms with Crippen LogP contribution in [0.5, 0.6) is 0 Å². The Kier molecular flexibility index (Phi) is 4.71. The molecule has 28 heavy (non-hydrogen) atoms. The van der Waals surface area contributed by atoms with Crippen LogP contribution in [0.3, 0.4) is 0 Å². The molecule has 9 heteroatoms. The molecule has 140 valence electrons. The van der Waals surface area contributed by atoms with E-state index >= 15 is 0 Å². The number of para-hydroxylation sites is 1. The van der Waals surface area contributed by atoms with Gasteiger partial charge in [-0.2, -0.15) is 4.99 Å². The van der Waals surface area contributed by atoms with Crippen LogP contribution in [0.1, 0.15) is 5.56 Å². The number of pyridine rings is 1. The molecule has 0 fully saturated rings. The summed E-state index contributed by atoms with van der Waals surface area (Å²) in [6.07, 6.45) is 3.46. The van der Waals surface area contributed by atoms with Gasteiger partial charge in [-0.1, -0.05) is 30.3 Å². The Bertz CT molecular complexity index is 1260. The number of primary sulfonamides is 1. The summed E-state index contributed by atoms with van der Waals surface area (Å²) in [7, 11) is -3.81. The van der Waals surface area contributed by atoms with Crippen molar-refractivity contribution >= 4 is 55.5 Å². The van der Waals surface area contributed by atoms with E-state index in [2.05, 4.69) is 15.3 Å². The number of anilines is 1. The number of amidine groups is 1. The molecular formula is C19H14N4O3S2. The third kappa shape index (κ3) is 3.81. The molecule has 7 nitrogen and oxygen atoms in total. The number of nitrogens with two attached hydrogens (primary N) is 1. The summed E-state index contributed by atoms with van der Waals surface area (Å²) in [5.74, 6) is -0.372. The molecular weight excluding hydrogens is 396 g/mol. The molecule has 1 aliphatic rings. The van der Waals surface area contributed by atoms with Crippen molar-refractivity contribution in [1.82, 2.24) is 4.98 Å². The van der Waals surface area contributed by atoms with Crippen LogP contribution in [0.15, 0.2) is 75.6 Å². The Morgan fingerprint density at radius 2 is 1.86 bits per heavy atom. The number of benzene rings is 2. The van der Waals surface area contributed by atoms with Gasteiger partial charge < -0.3 is 5.32 Å². The topological polar surface area (TPSA) is 115 Å². The van der Waals surface area contributed by atoms with Crippen LogP contribution >= 0.6 is 11.8 Å². The lowest BCUT2D eigenvalue weighted by Gasteiger charge is -2.06. The van der Waals surface area contributed by atoms with Crippen molar-refractivity contribution in [2.24, 2.45) is 10.1 Å². The maximum atomic E-state index is 12.3. The van der Waals surface area contributed by atoms with Crippen LogP contribution in [0.25, 0.3) is 17.0 Å². The summed E-state index contributed by atoms with van der Waals surface area (Å²) >= 11 is 1.17. The smallest absolute Gasteiger partial charge is 0.286 e. The summed E-state index contributed by atoms with van der Waals surface area (Å²) in [6.45, 7) is 0. The van der Waals surface area contributed by atoms with E-state index in [1.807, 2.05) is 30.3 Å². The molecule has 0 unspecified atom stereocenters. The van der Waals surface area contributed by atoms with E-state index in [-0.39, 0.29) is 10.8 Å². The van der Waals surface area contributed by atoms with Crippen LogP contribution in [0, 0.1) is 0 Å². The molecule has 0 bridgehead atoms. The maximum Gasteiger partial charge on any atom is 0.286 e. The van der Waals surface area contributed by atoms with Crippen LogP contribution in [-0.2, 0) is 14.8 Å². The third-order valence-corrected chi connectivity index (χ3v) is 5.79. The minimum Gasteiger partial charge on any atom is -0.334 e. The van der Waals surface area contributed by atoms with E-state index < -0.39 is 10.0 Å². The van der Waals surface area contributed by atoms with Crippen molar-refractivity contribution in [3.8, 4) is 0 Å². The van der Waals surface area contributed by atoms with Gasteiger partial charge in [-0.15, -0.1) is 0 Å². The summed E-state index contributed by atoms with van der Waals surface area (Å²) in [4.78, 5) is 21.1. The second kappa shape index (κ2) is 7.19. The molecule has 0 saturated carbocycles. The Hall–Kier alpha value is -3.01. The van der Waals surface area contributed by atoms with Gasteiger partial charge in [-0.3, -0.25) is 9.78 Å². The standard InChI is InChI=1S/C19H14N4O3S2/c20-28(25,26)15-8-2-7-14(11-15)22-19-23-18(24)16(27-19)10-13-5-1-4-12-6-3-9-21-17(12)13/h1-11H,(H2,20,25,26)(H,22,23,24). The normalized spacial score (nSPS) is 15.8. The Balaban J connectivity index is 1.59. The van der Waals surface area contributed by atoms with E-state index in [0.29, 0.717) is 15.8 Å². The highest BCUT2D eigenvalue weighted by Crippen LogP contribution is 2.31. The number of sulfonamides is 1. The van der Waals surface area contributed by atoms with Crippen LogP contribution in [-0.4, -0.2) is 24.5 Å². The Morgan fingerprint density at radius 3 is 2.68 bits per heavy atom. The number of fused-ring (bicyclic) bond motifs is 1. The van der Waals surface area contributed by atoms with Gasteiger partial charge in [-0.05, 0) is 42.1 Å². The van der Waals surface area contributed by atoms with E-state index in [1.165, 1.54) is 23.9 Å². The second-order valence-corrected chi connectivity index (χ2v) is 8.55. The quantitative estimate of drug-likeness (QED) is 0.642. The highest BCUT2D eigenvalue weighted by atomic mass is 32.2. The fraction of sp³-hybridized carbons (Fsp3) is 0. The molecule has 1 aromatic heterocycles. The number of aromatic nitrogens is 1. The molecule has 0 spiro atoms. The molecule has 0 radical (unpaired) electrons. The number of hydrogen-bond acceptors (Lipinski definition) is 6. The van der Waals surface area contributed by atoms with E-state index in [4.69, 9.17) is 5.14 Å². The molecule has 3 aromatic rings. The van der Waals surface area contributed by atoms with Gasteiger partial charge in [-0.25, -0.2) is 13.6 Å². The zero-order valence-electron chi connectivity index (χ0n) is 14.4. The number of thioether (sulfide) groups is 1. The van der Waals surface area contributed by atoms with Gasteiger partial charge in [0.25, 0.3) is 5.91 Å². The van der Waals surface area contributed by atoms with Crippen molar-refractivity contribution in [3.05, 3.63) is 71.3 Å². The zero-order chi connectivity index (χ0) is 19.7. The van der Waals surface area contributed by atoms with Crippen molar-refractivity contribution in [2.45, 2.75) is 4.90 Å². The molecule has 0 atom stereocenters. The minimum atomic E-state index is -3.81. The Morgan fingerprint density at radius 1 is 1.07 bits per heavy atom. The molecule has 0 aliphatic carbocycles. The van der Waals surface area contributed by atoms with Gasteiger partial charge in [0.05, 0.1) is 15.3 Å². The van der Waals surface area contributed by atoms with E-state index in [1.54, 1.807) is 24.4 Å². The first-order valence-electron chi connectivity index (χ1n) is 8.16. The number of carbonyl (C=O) groups excluding carboxylic acids is 1. The number of hydrogen-bond donors (Lipinski definition) is 2. The predicted octanol–water partition coefficient (Wildman–Crippen LogP) is 2.96. The first kappa shape index (κ1) is 18.4. The van der Waals surface area contributed by atoms with Gasteiger partial charge >= 0.3 is 0 Å². The summed E-state index contributed by atoms with van der Waals surface area (Å²) in [6, 6.07) is 15.6. The average Bonchev–Trinajstić information content (AvgIpc) is 3.00. The fourth-order valence-electron chi connectivity index (χ4n) is 2.72. The van der Waals surface area contributed by atoms with Gasteiger partial charge in [0, 0.05) is 22.8 Å². The monoisotopic (exact) mass is 410 g/mol. The van der Waals surface area contributed by atoms with Gasteiger partial charge in [0.1, 0.15) is 0 Å². The first-order valence-corrected chi connectivity index (χ1v) is 10.5. The third-order valence-electron chi connectivity index (χ3n) is 3.98. The number of aliphatic imine (C=N–C) groups is 1. The lowest BCUT2D eigenvalue weighted by Crippen LogP contribution is -2.13. The zero-order valence-corrected chi connectivity index (χ0v) is 16.0. The average molecular weight is 410 g/mol. The van der Waals surface area contributed by atoms with Crippen LogP contribution in [0.2, 0.25) is 0 Å². The lowest BCUT2D eigenvalue weighted by molar-refractivity contribution is -0.113. The van der Waals surface area contributed by atoms with Gasteiger partial charge in [0.15, 0.2) is 5.17 Å². The molecule has 2 aromatic carbocycles. The summed E-state index contributed by atoms with van der Waals surface area (Å²) < 4.78 is 23.0. The molecule has 0 saturated heterocycles. The number of nitrogens with one attached hydrogen (secondary N) is 1. The molecule has 4 rings (SSSR count). The molecule has 1 amide bonds. The van der Waals surface area contributed by atoms with Crippen molar-refractivity contribution in [2.75, 3.05) is 5.32 Å². The highest BCUT2D eigenvalue weighted by molar-refractivity contribution is 8.18. The SMILES string of the molecule is NS(=O)(=O)c1cccc(NC2=NC(=O)C(=Cc3cccc4cccnc34)S2)c1. The number of rotatable bonds is 3. The number of carbonyl (C=O) groups is 1. The number of amides is 1. The Labute approximate surface area is 165 Å².